The molecule has 1 unspecified atom stereocenters. The Labute approximate surface area is 101 Å². The molecule has 1 aliphatic rings. The number of carbonyl (C=O) groups is 2. The molecule has 0 radical (unpaired) electrons. The minimum Gasteiger partial charge on any atom is -0.337 e. The van der Waals surface area contributed by atoms with Crippen molar-refractivity contribution >= 4 is 11.7 Å². The highest BCUT2D eigenvalue weighted by Crippen LogP contribution is 2.18. The van der Waals surface area contributed by atoms with Gasteiger partial charge in [-0.3, -0.25) is 9.59 Å². The number of nitrogens with zero attached hydrogens (tertiary/aromatic N) is 1. The average Bonchev–Trinajstić information content (AvgIpc) is 2.39. The highest BCUT2D eigenvalue weighted by molar-refractivity contribution is 5.95. The first-order valence-corrected chi connectivity index (χ1v) is 6.09. The lowest BCUT2D eigenvalue weighted by Gasteiger charge is -2.31. The second-order valence-corrected chi connectivity index (χ2v) is 4.44. The van der Waals surface area contributed by atoms with Crippen LogP contribution in [-0.4, -0.2) is 29.7 Å². The maximum absolute atomic E-state index is 12.2. The van der Waals surface area contributed by atoms with Crippen LogP contribution in [0.2, 0.25) is 0 Å². The third kappa shape index (κ3) is 2.54. The van der Waals surface area contributed by atoms with Crippen LogP contribution in [0.15, 0.2) is 30.3 Å². The molecule has 1 aliphatic heterocycles. The van der Waals surface area contributed by atoms with E-state index in [0.29, 0.717) is 30.9 Å². The zero-order chi connectivity index (χ0) is 12.3. The lowest BCUT2D eigenvalue weighted by Crippen LogP contribution is -2.43. The van der Waals surface area contributed by atoms with Crippen molar-refractivity contribution in [2.45, 2.75) is 19.8 Å². The monoisotopic (exact) mass is 231 g/mol. The van der Waals surface area contributed by atoms with Gasteiger partial charge in [0.1, 0.15) is 5.78 Å². The largest absolute Gasteiger partial charge is 0.337 e. The fourth-order valence-electron chi connectivity index (χ4n) is 2.21. The lowest BCUT2D eigenvalue weighted by molar-refractivity contribution is -0.125. The van der Waals surface area contributed by atoms with E-state index in [4.69, 9.17) is 0 Å². The van der Waals surface area contributed by atoms with Crippen molar-refractivity contribution in [3.63, 3.8) is 0 Å². The molecule has 1 aromatic carbocycles. The van der Waals surface area contributed by atoms with Gasteiger partial charge in [-0.1, -0.05) is 25.1 Å². The topological polar surface area (TPSA) is 37.4 Å². The van der Waals surface area contributed by atoms with Crippen LogP contribution in [0.25, 0.3) is 0 Å². The van der Waals surface area contributed by atoms with Crippen molar-refractivity contribution < 1.29 is 9.59 Å². The molecule has 3 heteroatoms. The van der Waals surface area contributed by atoms with E-state index in [-0.39, 0.29) is 11.8 Å². The van der Waals surface area contributed by atoms with Crippen molar-refractivity contribution in [3.05, 3.63) is 35.9 Å². The Balaban J connectivity index is 2.09. The fourth-order valence-corrected chi connectivity index (χ4v) is 2.21. The Bertz CT molecular complexity index is 413. The first kappa shape index (κ1) is 11.8. The summed E-state index contributed by atoms with van der Waals surface area (Å²) >= 11 is 0. The number of piperidine rings is 1. The van der Waals surface area contributed by atoms with Gasteiger partial charge in [-0.05, 0) is 18.6 Å². The summed E-state index contributed by atoms with van der Waals surface area (Å²) in [6.45, 7) is 3.13. The van der Waals surface area contributed by atoms with Gasteiger partial charge >= 0.3 is 0 Å². The average molecular weight is 231 g/mol. The molecule has 0 spiro atoms. The molecular formula is C14H17NO2. The zero-order valence-corrected chi connectivity index (χ0v) is 10.1. The van der Waals surface area contributed by atoms with Crippen LogP contribution >= 0.6 is 0 Å². The van der Waals surface area contributed by atoms with Gasteiger partial charge in [0.25, 0.3) is 5.91 Å². The molecule has 1 amide bonds. The molecule has 1 heterocycles. The van der Waals surface area contributed by atoms with Gasteiger partial charge < -0.3 is 4.90 Å². The van der Waals surface area contributed by atoms with Gasteiger partial charge in [0, 0.05) is 31.0 Å². The van der Waals surface area contributed by atoms with Crippen molar-refractivity contribution in [2.75, 3.05) is 13.1 Å². The first-order chi connectivity index (χ1) is 8.22. The van der Waals surface area contributed by atoms with E-state index < -0.39 is 0 Å². The van der Waals surface area contributed by atoms with E-state index in [1.165, 1.54) is 0 Å². The molecule has 0 aromatic heterocycles. The van der Waals surface area contributed by atoms with E-state index in [0.717, 1.165) is 6.42 Å². The number of benzene rings is 1. The molecule has 2 rings (SSSR count). The Morgan fingerprint density at radius 3 is 2.71 bits per heavy atom. The van der Waals surface area contributed by atoms with Crippen molar-refractivity contribution in [2.24, 2.45) is 5.92 Å². The Morgan fingerprint density at radius 2 is 2.06 bits per heavy atom. The third-order valence-electron chi connectivity index (χ3n) is 3.32. The van der Waals surface area contributed by atoms with Gasteiger partial charge in [-0.15, -0.1) is 0 Å². The van der Waals surface area contributed by atoms with Gasteiger partial charge in [0.05, 0.1) is 0 Å². The van der Waals surface area contributed by atoms with Crippen molar-refractivity contribution in [3.8, 4) is 0 Å². The van der Waals surface area contributed by atoms with E-state index in [1.807, 2.05) is 37.3 Å². The highest BCUT2D eigenvalue weighted by atomic mass is 16.2. The number of hydrogen-bond acceptors (Lipinski definition) is 2. The molecule has 0 N–H and O–H groups in total. The van der Waals surface area contributed by atoms with E-state index >= 15 is 0 Å². The van der Waals surface area contributed by atoms with Crippen molar-refractivity contribution in [1.29, 1.82) is 0 Å². The molecule has 1 saturated heterocycles. The predicted molar refractivity (Wildman–Crippen MR) is 65.8 cm³/mol. The minimum atomic E-state index is 0.0245. The quantitative estimate of drug-likeness (QED) is 0.782. The highest BCUT2D eigenvalue weighted by Gasteiger charge is 2.28. The van der Waals surface area contributed by atoms with Gasteiger partial charge in [-0.2, -0.15) is 0 Å². The maximum Gasteiger partial charge on any atom is 0.253 e. The smallest absolute Gasteiger partial charge is 0.253 e. The second-order valence-electron chi connectivity index (χ2n) is 4.44. The normalized spacial score (nSPS) is 20.4. The molecule has 1 fully saturated rings. The number of amides is 1. The molecule has 90 valence electrons. The summed E-state index contributed by atoms with van der Waals surface area (Å²) in [5.74, 6) is 0.359. The molecular weight excluding hydrogens is 214 g/mol. The first-order valence-electron chi connectivity index (χ1n) is 6.09. The van der Waals surface area contributed by atoms with Gasteiger partial charge in [0.2, 0.25) is 0 Å². The minimum absolute atomic E-state index is 0.0245. The predicted octanol–water partition coefficient (Wildman–Crippen LogP) is 2.13. The van der Waals surface area contributed by atoms with Crippen LogP contribution in [-0.2, 0) is 4.79 Å². The number of ketones is 1. The van der Waals surface area contributed by atoms with E-state index in [9.17, 15) is 9.59 Å². The van der Waals surface area contributed by atoms with E-state index in [2.05, 4.69) is 0 Å². The summed E-state index contributed by atoms with van der Waals surface area (Å²) in [5.41, 5.74) is 0.705. The van der Waals surface area contributed by atoms with Crippen LogP contribution < -0.4 is 0 Å². The van der Waals surface area contributed by atoms with Crippen LogP contribution in [0, 0.1) is 5.92 Å². The summed E-state index contributed by atoms with van der Waals surface area (Å²) in [6, 6.07) is 9.25. The van der Waals surface area contributed by atoms with Crippen LogP contribution in [0.3, 0.4) is 0 Å². The molecule has 0 aliphatic carbocycles. The van der Waals surface area contributed by atoms with Gasteiger partial charge in [0.15, 0.2) is 0 Å². The van der Waals surface area contributed by atoms with Crippen LogP contribution in [0.1, 0.15) is 30.1 Å². The summed E-state index contributed by atoms with van der Waals surface area (Å²) < 4.78 is 0. The number of Topliss-reactive ketones (excluding diaryl/α,β-unsaturated/α-hetero) is 1. The molecule has 0 saturated carbocycles. The Kier molecular flexibility index (Phi) is 3.57. The standard InChI is InChI=1S/C14H17NO2/c1-2-11-10-15(9-8-13(11)16)14(17)12-6-4-3-5-7-12/h3-7,11H,2,8-10H2,1H3. The second kappa shape index (κ2) is 5.13. The third-order valence-corrected chi connectivity index (χ3v) is 3.32. The number of hydrogen-bond donors (Lipinski definition) is 0. The zero-order valence-electron chi connectivity index (χ0n) is 10.1. The summed E-state index contributed by atoms with van der Waals surface area (Å²) in [7, 11) is 0. The van der Waals surface area contributed by atoms with Gasteiger partial charge in [-0.25, -0.2) is 0 Å². The summed E-state index contributed by atoms with van der Waals surface area (Å²) in [4.78, 5) is 25.6. The van der Waals surface area contributed by atoms with Crippen LogP contribution in [0.4, 0.5) is 0 Å². The molecule has 1 atom stereocenters. The lowest BCUT2D eigenvalue weighted by atomic mass is 9.93. The number of rotatable bonds is 2. The SMILES string of the molecule is CCC1CN(C(=O)c2ccccc2)CCC1=O. The Hall–Kier alpha value is -1.64. The van der Waals surface area contributed by atoms with Crippen LogP contribution in [0.5, 0.6) is 0 Å². The molecule has 0 bridgehead atoms. The maximum atomic E-state index is 12.2. The fraction of sp³-hybridized carbons (Fsp3) is 0.429. The Morgan fingerprint density at radius 1 is 1.35 bits per heavy atom. The molecule has 3 nitrogen and oxygen atoms in total. The number of carbonyl (C=O) groups excluding carboxylic acids is 2. The summed E-state index contributed by atoms with van der Waals surface area (Å²) in [6.07, 6.45) is 1.31. The number of likely N-dealkylation sites (tertiary alicyclic amines) is 1. The van der Waals surface area contributed by atoms with Crippen molar-refractivity contribution in [1.82, 2.24) is 4.90 Å². The molecule has 1 aromatic rings. The summed E-state index contributed by atoms with van der Waals surface area (Å²) in [5, 5.41) is 0. The van der Waals surface area contributed by atoms with E-state index in [1.54, 1.807) is 4.90 Å². The molecule has 17 heavy (non-hydrogen) atoms.